The van der Waals surface area contributed by atoms with Crippen LogP contribution < -0.4 is 10.6 Å². The van der Waals surface area contributed by atoms with Crippen LogP contribution in [0.4, 0.5) is 0 Å². The van der Waals surface area contributed by atoms with Gasteiger partial charge in [-0.05, 0) is 144 Å². The van der Waals surface area contributed by atoms with Gasteiger partial charge in [-0.3, -0.25) is 33.9 Å². The van der Waals surface area contributed by atoms with Crippen LogP contribution in [-0.4, -0.2) is 168 Å². The Labute approximate surface area is 380 Å². The number of carbonyl (C=O) groups is 4. The number of carbonyl (C=O) groups excluding carboxylic acids is 4. The molecule has 0 spiro atoms. The Hall–Kier alpha value is -2.40. The van der Waals surface area contributed by atoms with E-state index in [2.05, 4.69) is 133 Å². The molecule has 63 heavy (non-hydrogen) atoms. The molecule has 2 N–H and O–H groups in total. The van der Waals surface area contributed by atoms with Gasteiger partial charge in [0.25, 0.3) is 0 Å². The number of esters is 4. The van der Waals surface area contributed by atoms with E-state index in [1.165, 1.54) is 0 Å². The van der Waals surface area contributed by atoms with E-state index in [0.29, 0.717) is 0 Å². The van der Waals surface area contributed by atoms with E-state index in [4.69, 9.17) is 23.8 Å². The molecular weight excluding hydrogens is 805 g/mol. The molecule has 0 aromatic carbocycles. The summed E-state index contributed by atoms with van der Waals surface area (Å²) in [5.41, 5.74) is -1.49. The summed E-state index contributed by atoms with van der Waals surface area (Å²) < 4.78 is 23.6. The quantitative estimate of drug-likeness (QED) is 0.124. The lowest BCUT2D eigenvalue weighted by Crippen LogP contribution is -2.49. The summed E-state index contributed by atoms with van der Waals surface area (Å²) in [5, 5.41) is 9.24. The van der Waals surface area contributed by atoms with Gasteiger partial charge >= 0.3 is 23.9 Å². The van der Waals surface area contributed by atoms with Gasteiger partial charge in [-0.1, -0.05) is 0 Å². The Morgan fingerprint density at radius 3 is 1.08 bits per heavy atom. The molecule has 0 bridgehead atoms. The van der Waals surface area contributed by atoms with Crippen molar-refractivity contribution in [3.05, 3.63) is 0 Å². The van der Waals surface area contributed by atoms with Crippen LogP contribution >= 0.6 is 0 Å². The van der Waals surface area contributed by atoms with Crippen LogP contribution in [0.25, 0.3) is 0 Å². The molecule has 4 heterocycles. The second kappa shape index (κ2) is 19.4. The Kier molecular flexibility index (Phi) is 16.4. The number of rotatable bonds is 20. The number of hydroxylamine groups is 2. The predicted octanol–water partition coefficient (Wildman–Crippen LogP) is 5.05. The normalized spacial score (nSPS) is 28.6. The Morgan fingerprint density at radius 1 is 0.492 bits per heavy atom. The van der Waals surface area contributed by atoms with Gasteiger partial charge in [0.2, 0.25) is 0 Å². The molecule has 4 rings (SSSR count). The van der Waals surface area contributed by atoms with Gasteiger partial charge in [0.1, 0.15) is 0 Å². The van der Waals surface area contributed by atoms with E-state index >= 15 is 0 Å². The molecule has 0 saturated carbocycles. The van der Waals surface area contributed by atoms with Crippen molar-refractivity contribution in [2.75, 3.05) is 79.9 Å². The van der Waals surface area contributed by atoms with Crippen molar-refractivity contribution in [3.63, 3.8) is 0 Å². The molecule has 0 aromatic rings. The minimum Gasteiger partial charge on any atom is -0.464 e. The zero-order valence-electron chi connectivity index (χ0n) is 42.7. The monoisotopic (exact) mass is 893 g/mol. The van der Waals surface area contributed by atoms with Crippen molar-refractivity contribution < 1.29 is 43.0 Å². The van der Waals surface area contributed by atoms with Crippen LogP contribution in [0.1, 0.15) is 136 Å². The van der Waals surface area contributed by atoms with Crippen LogP contribution in [0.3, 0.4) is 0 Å². The second-order valence-corrected chi connectivity index (χ2v) is 24.2. The highest BCUT2D eigenvalue weighted by Crippen LogP contribution is 2.46. The highest BCUT2D eigenvalue weighted by Gasteiger charge is 2.53. The van der Waals surface area contributed by atoms with E-state index in [1.807, 2.05) is 5.06 Å². The fraction of sp³-hybridized carbons (Fsp3) is 0.917. The molecule has 0 aromatic heterocycles. The third-order valence-electron chi connectivity index (χ3n) is 15.3. The van der Waals surface area contributed by atoms with E-state index < -0.39 is 23.9 Å². The molecule has 4 aliphatic heterocycles. The summed E-state index contributed by atoms with van der Waals surface area (Å²) in [4.78, 5) is 65.8. The summed E-state index contributed by atoms with van der Waals surface area (Å²) in [6.07, 6.45) is 3.33. The Bertz CT molecular complexity index is 1620. The zero-order valence-corrected chi connectivity index (χ0v) is 42.7. The molecule has 364 valence electrons. The molecular formula is C48H88N6O9. The number of likely N-dealkylation sites (tertiary alicyclic amines) is 1. The third kappa shape index (κ3) is 13.6. The zero-order chi connectivity index (χ0) is 47.8. The molecule has 0 aliphatic carbocycles. The molecule has 0 radical (unpaired) electrons. The number of nitrogens with one attached hydrogen (secondary N) is 2. The predicted molar refractivity (Wildman–Crippen MR) is 245 cm³/mol. The lowest BCUT2D eigenvalue weighted by Gasteiger charge is -2.39. The highest BCUT2D eigenvalue weighted by molar-refractivity contribution is 5.76. The van der Waals surface area contributed by atoms with Crippen molar-refractivity contribution in [2.45, 2.75) is 181 Å². The van der Waals surface area contributed by atoms with E-state index in [0.717, 1.165) is 25.7 Å². The van der Waals surface area contributed by atoms with Gasteiger partial charge in [-0.25, -0.2) is 0 Å². The number of ether oxygens (including phenoxy) is 4. The summed E-state index contributed by atoms with van der Waals surface area (Å²) in [6, 6.07) is 0. The second-order valence-electron chi connectivity index (χ2n) is 24.2. The first-order valence-corrected chi connectivity index (χ1v) is 23.4. The molecule has 0 amide bonds. The molecule has 4 saturated heterocycles. The average Bonchev–Trinajstić information content (AvgIpc) is 3.62. The van der Waals surface area contributed by atoms with Crippen LogP contribution in [0.15, 0.2) is 0 Å². The van der Waals surface area contributed by atoms with Crippen LogP contribution in [0.2, 0.25) is 0 Å². The number of hydrogen-bond acceptors (Lipinski definition) is 15. The first-order valence-electron chi connectivity index (χ1n) is 23.4. The minimum atomic E-state index is -0.483. The van der Waals surface area contributed by atoms with E-state index in [9.17, 15) is 19.2 Å². The van der Waals surface area contributed by atoms with Crippen LogP contribution in [0, 0.1) is 23.7 Å². The maximum atomic E-state index is 13.6. The first-order chi connectivity index (χ1) is 28.6. The van der Waals surface area contributed by atoms with E-state index in [1.54, 1.807) is 16.9 Å². The van der Waals surface area contributed by atoms with Crippen molar-refractivity contribution in [3.8, 4) is 0 Å². The van der Waals surface area contributed by atoms with Gasteiger partial charge in [-0.2, -0.15) is 5.06 Å². The molecule has 4 aliphatic rings. The van der Waals surface area contributed by atoms with Crippen molar-refractivity contribution in [1.82, 2.24) is 30.4 Å². The Balaban J connectivity index is 1.48. The number of nitrogens with zero attached hydrogens (tertiary/aromatic N) is 4. The molecule has 15 nitrogen and oxygen atoms in total. The van der Waals surface area contributed by atoms with Gasteiger partial charge < -0.3 is 34.4 Å². The molecule has 4 unspecified atom stereocenters. The summed E-state index contributed by atoms with van der Waals surface area (Å²) in [5.74, 6) is -1.53. The topological polar surface area (TPSA) is 151 Å². The molecule has 4 atom stereocenters. The van der Waals surface area contributed by atoms with Crippen LogP contribution in [-0.2, 0) is 43.0 Å². The van der Waals surface area contributed by atoms with Crippen LogP contribution in [0.5, 0.6) is 0 Å². The largest absolute Gasteiger partial charge is 0.464 e. The lowest BCUT2D eigenvalue weighted by molar-refractivity contribution is -0.225. The fourth-order valence-electron chi connectivity index (χ4n) is 11.7. The first kappa shape index (κ1) is 53.2. The van der Waals surface area contributed by atoms with Gasteiger partial charge in [0, 0.05) is 81.1 Å². The van der Waals surface area contributed by atoms with Crippen molar-refractivity contribution >= 4 is 23.9 Å². The molecule has 15 heteroatoms. The standard InChI is InChI=1S/C48H88N6O9/c1-41(2)21-33(45(9,10)49-41)29-60-37(55)25-52(27-39(57)62-31-35-23-43(5,6)51(17)47(35,13)14)19-20-53(26-38(56)61-30-34-22-42(3,4)50-46(34,11)12)28-40(58)63-32-36-24-44(7,8)54(59-18)48(36,15)16/h33-36,49-50H,19-32H2,1-18H3. The summed E-state index contributed by atoms with van der Waals surface area (Å²) in [6.45, 7) is 34.7. The highest BCUT2D eigenvalue weighted by atomic mass is 16.7. The third-order valence-corrected chi connectivity index (χ3v) is 15.3. The smallest absolute Gasteiger partial charge is 0.320 e. The van der Waals surface area contributed by atoms with Gasteiger partial charge in [0.05, 0.1) is 59.7 Å². The minimum absolute atomic E-state index is 0.00731. The maximum absolute atomic E-state index is 13.6. The number of hydrogen-bond donors (Lipinski definition) is 2. The molecule has 4 fully saturated rings. The van der Waals surface area contributed by atoms with Gasteiger partial charge in [0.15, 0.2) is 0 Å². The maximum Gasteiger partial charge on any atom is 0.320 e. The van der Waals surface area contributed by atoms with Crippen molar-refractivity contribution in [1.29, 1.82) is 0 Å². The van der Waals surface area contributed by atoms with E-state index in [-0.39, 0.29) is 134 Å². The summed E-state index contributed by atoms with van der Waals surface area (Å²) in [7, 11) is 3.77. The lowest BCUT2D eigenvalue weighted by atomic mass is 9.88. The SMILES string of the molecule is CON1C(C)(C)CC(COC(=O)CN(CCN(CC(=O)OCC2CC(C)(C)NC2(C)C)CC(=O)OCC2CC(C)(C)N(C)C2(C)C)CC(=O)OCC2CC(C)(C)NC2(C)C)C1(C)C. The fourth-order valence-corrected chi connectivity index (χ4v) is 11.7. The van der Waals surface area contributed by atoms with Gasteiger partial charge in [-0.15, -0.1) is 0 Å². The Morgan fingerprint density at radius 2 is 0.810 bits per heavy atom. The van der Waals surface area contributed by atoms with Crippen molar-refractivity contribution in [2.24, 2.45) is 23.7 Å². The summed E-state index contributed by atoms with van der Waals surface area (Å²) >= 11 is 0. The average molecular weight is 893 g/mol.